The normalized spacial score (nSPS) is 17.1. The Morgan fingerprint density at radius 3 is 2.73 bits per heavy atom. The highest BCUT2D eigenvalue weighted by Crippen LogP contribution is 2.31. The zero-order chi connectivity index (χ0) is 17.8. The van der Waals surface area contributed by atoms with Gasteiger partial charge in [-0.25, -0.2) is 9.78 Å². The van der Waals surface area contributed by atoms with Crippen molar-refractivity contribution in [1.82, 2.24) is 19.9 Å². The Morgan fingerprint density at radius 2 is 1.92 bits per heavy atom. The third-order valence-corrected chi connectivity index (χ3v) is 4.69. The van der Waals surface area contributed by atoms with E-state index in [-0.39, 0.29) is 12.1 Å². The fraction of sp³-hybridized carbons (Fsp3) is 0.250. The maximum absolute atomic E-state index is 12.8. The second kappa shape index (κ2) is 7.39. The fourth-order valence-electron chi connectivity index (χ4n) is 3.36. The van der Waals surface area contributed by atoms with Crippen LogP contribution in [-0.2, 0) is 0 Å². The van der Waals surface area contributed by atoms with Crippen LogP contribution in [0.15, 0.2) is 61.1 Å². The van der Waals surface area contributed by atoms with Gasteiger partial charge in [-0.3, -0.25) is 4.98 Å². The van der Waals surface area contributed by atoms with Crippen LogP contribution in [-0.4, -0.2) is 32.4 Å². The summed E-state index contributed by atoms with van der Waals surface area (Å²) in [5, 5.41) is 2.96. The van der Waals surface area contributed by atoms with Crippen molar-refractivity contribution in [2.75, 3.05) is 11.9 Å². The van der Waals surface area contributed by atoms with E-state index in [0.29, 0.717) is 0 Å². The van der Waals surface area contributed by atoms with Crippen molar-refractivity contribution < 1.29 is 4.79 Å². The average Bonchev–Trinajstić information content (AvgIpc) is 3.19. The molecule has 2 amide bonds. The van der Waals surface area contributed by atoms with Crippen LogP contribution in [0.5, 0.6) is 0 Å². The minimum atomic E-state index is -0.0986. The number of hydrogen-bond acceptors (Lipinski definition) is 3. The third kappa shape index (κ3) is 3.44. The quantitative estimate of drug-likeness (QED) is 0.744. The first-order chi connectivity index (χ1) is 12.8. The lowest BCUT2D eigenvalue weighted by Crippen LogP contribution is -2.41. The van der Waals surface area contributed by atoms with Gasteiger partial charge < -0.3 is 15.2 Å². The van der Waals surface area contributed by atoms with Gasteiger partial charge in [0.1, 0.15) is 5.82 Å². The summed E-state index contributed by atoms with van der Waals surface area (Å²) in [5.74, 6) is 0.841. The molecule has 6 nitrogen and oxygen atoms in total. The minimum Gasteiger partial charge on any atom is -0.340 e. The first-order valence-electron chi connectivity index (χ1n) is 8.89. The van der Waals surface area contributed by atoms with Crippen molar-refractivity contribution in [2.24, 2.45) is 0 Å². The van der Waals surface area contributed by atoms with Crippen molar-refractivity contribution in [3.8, 4) is 11.3 Å². The number of aromatic amines is 1. The van der Waals surface area contributed by atoms with Crippen LogP contribution in [0.4, 0.5) is 10.5 Å². The van der Waals surface area contributed by atoms with Crippen LogP contribution in [0.1, 0.15) is 31.1 Å². The summed E-state index contributed by atoms with van der Waals surface area (Å²) >= 11 is 0. The monoisotopic (exact) mass is 347 g/mol. The highest BCUT2D eigenvalue weighted by molar-refractivity contribution is 5.89. The molecule has 1 aliphatic rings. The molecule has 2 aromatic heterocycles. The van der Waals surface area contributed by atoms with Gasteiger partial charge in [-0.2, -0.15) is 0 Å². The predicted octanol–water partition coefficient (Wildman–Crippen LogP) is 4.23. The molecule has 6 heteroatoms. The molecule has 1 saturated heterocycles. The molecule has 2 N–H and O–H groups in total. The molecule has 3 aromatic rings. The Balaban J connectivity index is 1.54. The highest BCUT2D eigenvalue weighted by Gasteiger charge is 2.30. The number of piperidine rings is 1. The molecule has 4 rings (SSSR count). The molecule has 0 bridgehead atoms. The molecule has 0 spiro atoms. The second-order valence-electron chi connectivity index (χ2n) is 6.42. The molecule has 1 aromatic carbocycles. The number of carbonyl (C=O) groups is 1. The lowest BCUT2D eigenvalue weighted by Gasteiger charge is -2.34. The summed E-state index contributed by atoms with van der Waals surface area (Å²) in [6, 6.07) is 13.5. The van der Waals surface area contributed by atoms with Crippen LogP contribution in [0, 0.1) is 0 Å². The van der Waals surface area contributed by atoms with Gasteiger partial charge in [0.2, 0.25) is 0 Å². The van der Waals surface area contributed by atoms with E-state index in [0.717, 1.165) is 48.6 Å². The number of urea groups is 1. The molecule has 1 aliphatic heterocycles. The number of pyridine rings is 1. The Kier molecular flexibility index (Phi) is 4.64. The molecular weight excluding hydrogens is 326 g/mol. The van der Waals surface area contributed by atoms with Crippen LogP contribution >= 0.6 is 0 Å². The highest BCUT2D eigenvalue weighted by atomic mass is 16.2. The molecule has 1 atom stereocenters. The van der Waals surface area contributed by atoms with Gasteiger partial charge in [-0.05, 0) is 37.0 Å². The topological polar surface area (TPSA) is 73.9 Å². The van der Waals surface area contributed by atoms with E-state index < -0.39 is 0 Å². The summed E-state index contributed by atoms with van der Waals surface area (Å²) in [6.07, 6.45) is 8.19. The lowest BCUT2D eigenvalue weighted by molar-refractivity contribution is 0.160. The number of rotatable bonds is 3. The number of H-pyrrole nitrogens is 1. The Hall–Kier alpha value is -3.15. The van der Waals surface area contributed by atoms with E-state index in [1.165, 1.54) is 0 Å². The average molecular weight is 347 g/mol. The largest absolute Gasteiger partial charge is 0.340 e. The molecule has 0 saturated carbocycles. The van der Waals surface area contributed by atoms with Gasteiger partial charge in [0.05, 0.1) is 17.9 Å². The van der Waals surface area contributed by atoms with E-state index in [4.69, 9.17) is 0 Å². The van der Waals surface area contributed by atoms with Crippen LogP contribution in [0.25, 0.3) is 11.3 Å². The SMILES string of the molecule is O=C(Nc1ccncc1)N1CCCC[C@H]1c1ncc(-c2ccccc2)[nH]1. The molecule has 0 unspecified atom stereocenters. The predicted molar refractivity (Wildman–Crippen MR) is 101 cm³/mol. The summed E-state index contributed by atoms with van der Waals surface area (Å²) in [6.45, 7) is 0.725. The van der Waals surface area contributed by atoms with Crippen LogP contribution in [0.3, 0.4) is 0 Å². The molecule has 3 heterocycles. The molecule has 0 radical (unpaired) electrons. The number of carbonyl (C=O) groups excluding carboxylic acids is 1. The number of aromatic nitrogens is 3. The van der Waals surface area contributed by atoms with Gasteiger partial charge >= 0.3 is 6.03 Å². The zero-order valence-electron chi connectivity index (χ0n) is 14.4. The summed E-state index contributed by atoms with van der Waals surface area (Å²) < 4.78 is 0. The van der Waals surface area contributed by atoms with Gasteiger partial charge in [0.15, 0.2) is 0 Å². The number of imidazole rings is 1. The molecule has 0 aliphatic carbocycles. The Bertz CT molecular complexity index is 862. The van der Waals surface area contributed by atoms with Crippen molar-refractivity contribution in [3.05, 3.63) is 66.9 Å². The number of nitrogens with one attached hydrogen (secondary N) is 2. The number of amides is 2. The number of nitrogens with zero attached hydrogens (tertiary/aromatic N) is 3. The van der Waals surface area contributed by atoms with Crippen molar-refractivity contribution in [3.63, 3.8) is 0 Å². The Morgan fingerprint density at radius 1 is 1.12 bits per heavy atom. The molecule has 26 heavy (non-hydrogen) atoms. The number of hydrogen-bond donors (Lipinski definition) is 2. The van der Waals surface area contributed by atoms with Crippen molar-refractivity contribution >= 4 is 11.7 Å². The Labute approximate surface area is 152 Å². The minimum absolute atomic E-state index is 0.0388. The van der Waals surface area contributed by atoms with E-state index in [1.807, 2.05) is 41.4 Å². The zero-order valence-corrected chi connectivity index (χ0v) is 14.4. The summed E-state index contributed by atoms with van der Waals surface area (Å²) in [7, 11) is 0. The van der Waals surface area contributed by atoms with E-state index in [2.05, 4.69) is 20.3 Å². The van der Waals surface area contributed by atoms with Crippen molar-refractivity contribution in [1.29, 1.82) is 0 Å². The first-order valence-corrected chi connectivity index (χ1v) is 8.89. The first kappa shape index (κ1) is 16.3. The number of benzene rings is 1. The summed E-state index contributed by atoms with van der Waals surface area (Å²) in [4.78, 5) is 26.6. The van der Waals surface area contributed by atoms with E-state index >= 15 is 0 Å². The van der Waals surface area contributed by atoms with Gasteiger partial charge in [-0.1, -0.05) is 30.3 Å². The van der Waals surface area contributed by atoms with Gasteiger partial charge in [0, 0.05) is 24.6 Å². The summed E-state index contributed by atoms with van der Waals surface area (Å²) in [5.41, 5.74) is 2.81. The molecule has 1 fully saturated rings. The number of likely N-dealkylation sites (tertiary alicyclic amines) is 1. The van der Waals surface area contributed by atoms with Crippen LogP contribution in [0.2, 0.25) is 0 Å². The second-order valence-corrected chi connectivity index (χ2v) is 6.42. The van der Waals surface area contributed by atoms with E-state index in [9.17, 15) is 4.79 Å². The standard InChI is InChI=1S/C20H21N5O/c26-20(23-16-9-11-21-12-10-16)25-13-5-4-8-18(25)19-22-14-17(24-19)15-6-2-1-3-7-15/h1-3,6-7,9-12,14,18H,4-5,8,13H2,(H,22,24)(H,21,23,26)/t18-/m0/s1. The smallest absolute Gasteiger partial charge is 0.322 e. The third-order valence-electron chi connectivity index (χ3n) is 4.69. The molecular formula is C20H21N5O. The van der Waals surface area contributed by atoms with Gasteiger partial charge in [-0.15, -0.1) is 0 Å². The van der Waals surface area contributed by atoms with Crippen LogP contribution < -0.4 is 5.32 Å². The maximum atomic E-state index is 12.8. The van der Waals surface area contributed by atoms with Gasteiger partial charge in [0.25, 0.3) is 0 Å². The molecule has 132 valence electrons. The lowest BCUT2D eigenvalue weighted by atomic mass is 10.0. The van der Waals surface area contributed by atoms with Crippen molar-refractivity contribution in [2.45, 2.75) is 25.3 Å². The number of anilines is 1. The van der Waals surface area contributed by atoms with E-state index in [1.54, 1.807) is 24.5 Å². The fourth-order valence-corrected chi connectivity index (χ4v) is 3.36. The maximum Gasteiger partial charge on any atom is 0.322 e.